The molecule has 1 heteroatoms. The topological polar surface area (TPSA) is 3.24 Å². The molecule has 22 heavy (non-hydrogen) atoms. The van der Waals surface area contributed by atoms with Crippen LogP contribution in [0, 0.1) is 17.3 Å². The fraction of sp³-hybridized carbons (Fsp3) is 0.429. The van der Waals surface area contributed by atoms with E-state index in [1.165, 1.54) is 16.7 Å². The molecule has 0 heterocycles. The first kappa shape index (κ1) is 18.3. The van der Waals surface area contributed by atoms with Crippen molar-refractivity contribution in [2.45, 2.75) is 41.2 Å². The third-order valence-corrected chi connectivity index (χ3v) is 3.33. The van der Waals surface area contributed by atoms with Crippen molar-refractivity contribution in [3.63, 3.8) is 0 Å². The summed E-state index contributed by atoms with van der Waals surface area (Å²) in [6.45, 7) is 12.5. The minimum absolute atomic E-state index is 0.0708. The standard InChI is InChI=1S/C21H29N/c1-7-18(2)20-13-11-12-19(16-20)17-22(6)15-10-8-9-14-21(3,4)5/h7-8,10-13,16H,15,17H2,1-6H3/b10-8-,18-7+. The van der Waals surface area contributed by atoms with Gasteiger partial charge >= 0.3 is 0 Å². The van der Waals surface area contributed by atoms with Crippen molar-refractivity contribution in [1.29, 1.82) is 0 Å². The molecule has 1 aromatic carbocycles. The number of likely N-dealkylation sites (N-methyl/N-ethyl adjacent to an activating group) is 1. The lowest BCUT2D eigenvalue weighted by Gasteiger charge is -2.15. The third kappa shape index (κ3) is 7.29. The zero-order chi connectivity index (χ0) is 16.6. The fourth-order valence-electron chi connectivity index (χ4n) is 2.01. The largest absolute Gasteiger partial charge is 0.298 e. The van der Waals surface area contributed by atoms with Gasteiger partial charge in [0.25, 0.3) is 0 Å². The number of nitrogens with zero attached hydrogens (tertiary/aromatic N) is 1. The minimum atomic E-state index is 0.0708. The summed E-state index contributed by atoms with van der Waals surface area (Å²) in [4.78, 5) is 2.29. The second-order valence-electron chi connectivity index (χ2n) is 6.79. The molecule has 0 aromatic heterocycles. The number of hydrogen-bond donors (Lipinski definition) is 0. The van der Waals surface area contributed by atoms with E-state index >= 15 is 0 Å². The maximum absolute atomic E-state index is 3.21. The average Bonchev–Trinajstić information content (AvgIpc) is 2.45. The highest BCUT2D eigenvalue weighted by molar-refractivity contribution is 5.63. The van der Waals surface area contributed by atoms with E-state index in [0.717, 1.165) is 13.1 Å². The smallest absolute Gasteiger partial charge is 0.0234 e. The van der Waals surface area contributed by atoms with Crippen molar-refractivity contribution in [1.82, 2.24) is 4.90 Å². The normalized spacial score (nSPS) is 12.6. The van der Waals surface area contributed by atoms with Gasteiger partial charge in [-0.2, -0.15) is 0 Å². The molecule has 0 radical (unpaired) electrons. The molecule has 0 fully saturated rings. The Morgan fingerprint density at radius 3 is 2.64 bits per heavy atom. The van der Waals surface area contributed by atoms with Gasteiger partial charge in [-0.05, 0) is 64.4 Å². The lowest BCUT2D eigenvalue weighted by Crippen LogP contribution is -2.17. The highest BCUT2D eigenvalue weighted by Gasteiger charge is 2.02. The van der Waals surface area contributed by atoms with Crippen LogP contribution in [0.2, 0.25) is 0 Å². The van der Waals surface area contributed by atoms with Crippen LogP contribution in [0.4, 0.5) is 0 Å². The summed E-state index contributed by atoms with van der Waals surface area (Å²) in [5.74, 6) is 6.32. The molecule has 0 spiro atoms. The van der Waals surface area contributed by atoms with Crippen LogP contribution >= 0.6 is 0 Å². The van der Waals surface area contributed by atoms with Gasteiger partial charge in [0.1, 0.15) is 0 Å². The van der Waals surface area contributed by atoms with Crippen LogP contribution < -0.4 is 0 Å². The molecule has 0 aliphatic carbocycles. The van der Waals surface area contributed by atoms with E-state index in [2.05, 4.69) is 94.8 Å². The van der Waals surface area contributed by atoms with E-state index in [0.29, 0.717) is 0 Å². The van der Waals surface area contributed by atoms with Crippen LogP contribution in [0.3, 0.4) is 0 Å². The molecule has 118 valence electrons. The Balaban J connectivity index is 2.57. The van der Waals surface area contributed by atoms with E-state index in [4.69, 9.17) is 0 Å². The second-order valence-corrected chi connectivity index (χ2v) is 6.79. The predicted octanol–water partition coefficient (Wildman–Crippen LogP) is 5.15. The molecular formula is C21H29N. The average molecular weight is 295 g/mol. The Kier molecular flexibility index (Phi) is 7.15. The van der Waals surface area contributed by atoms with E-state index in [-0.39, 0.29) is 5.41 Å². The molecule has 0 bridgehead atoms. The van der Waals surface area contributed by atoms with Crippen molar-refractivity contribution in [2.24, 2.45) is 5.41 Å². The summed E-state index contributed by atoms with van der Waals surface area (Å²) in [5, 5.41) is 0. The van der Waals surface area contributed by atoms with Gasteiger partial charge in [-0.1, -0.05) is 48.3 Å². The van der Waals surface area contributed by atoms with Crippen LogP contribution in [-0.2, 0) is 6.54 Å². The van der Waals surface area contributed by atoms with Crippen LogP contribution in [-0.4, -0.2) is 18.5 Å². The van der Waals surface area contributed by atoms with Crippen LogP contribution in [0.15, 0.2) is 42.5 Å². The number of allylic oxidation sites excluding steroid dienone is 3. The highest BCUT2D eigenvalue weighted by atomic mass is 15.1. The van der Waals surface area contributed by atoms with E-state index in [9.17, 15) is 0 Å². The van der Waals surface area contributed by atoms with Gasteiger partial charge in [-0.3, -0.25) is 4.90 Å². The molecule has 0 atom stereocenters. The highest BCUT2D eigenvalue weighted by Crippen LogP contribution is 2.16. The first-order valence-electron chi connectivity index (χ1n) is 7.90. The Labute approximate surface area is 136 Å². The summed E-state index contributed by atoms with van der Waals surface area (Å²) >= 11 is 0. The molecule has 0 amide bonds. The summed E-state index contributed by atoms with van der Waals surface area (Å²) in [7, 11) is 2.14. The SMILES string of the molecule is C/C=C(\C)c1cccc(CN(C)C/C=C\C#CC(C)(C)C)c1. The Hall–Kier alpha value is -1.78. The molecule has 0 saturated heterocycles. The van der Waals surface area contributed by atoms with Crippen molar-refractivity contribution in [2.75, 3.05) is 13.6 Å². The molecule has 0 unspecified atom stereocenters. The van der Waals surface area contributed by atoms with Gasteiger partial charge < -0.3 is 0 Å². The van der Waals surface area contributed by atoms with Crippen molar-refractivity contribution in [3.8, 4) is 11.8 Å². The van der Waals surface area contributed by atoms with Gasteiger partial charge in [0.2, 0.25) is 0 Å². The summed E-state index contributed by atoms with van der Waals surface area (Å²) < 4.78 is 0. The summed E-state index contributed by atoms with van der Waals surface area (Å²) in [6.07, 6.45) is 6.24. The first-order valence-corrected chi connectivity index (χ1v) is 7.90. The van der Waals surface area contributed by atoms with Gasteiger partial charge in [-0.15, -0.1) is 0 Å². The van der Waals surface area contributed by atoms with Crippen molar-refractivity contribution in [3.05, 3.63) is 53.6 Å². The molecule has 0 aliphatic heterocycles. The molecule has 0 aliphatic rings. The van der Waals surface area contributed by atoms with E-state index in [1.54, 1.807) is 0 Å². The maximum atomic E-state index is 3.21. The molecule has 0 saturated carbocycles. The Morgan fingerprint density at radius 2 is 2.00 bits per heavy atom. The zero-order valence-corrected chi connectivity index (χ0v) is 14.9. The van der Waals surface area contributed by atoms with Crippen molar-refractivity contribution >= 4 is 5.57 Å². The summed E-state index contributed by atoms with van der Waals surface area (Å²) in [6, 6.07) is 8.76. The van der Waals surface area contributed by atoms with Crippen molar-refractivity contribution < 1.29 is 0 Å². The zero-order valence-electron chi connectivity index (χ0n) is 14.9. The molecule has 1 rings (SSSR count). The quantitative estimate of drug-likeness (QED) is 0.679. The second kappa shape index (κ2) is 8.61. The fourth-order valence-corrected chi connectivity index (χ4v) is 2.01. The Morgan fingerprint density at radius 1 is 1.27 bits per heavy atom. The van der Waals surface area contributed by atoms with E-state index < -0.39 is 0 Å². The number of rotatable bonds is 5. The van der Waals surface area contributed by atoms with Gasteiger partial charge in [-0.25, -0.2) is 0 Å². The number of hydrogen-bond acceptors (Lipinski definition) is 1. The molecular weight excluding hydrogens is 266 g/mol. The van der Waals surface area contributed by atoms with Gasteiger partial charge in [0.15, 0.2) is 0 Å². The van der Waals surface area contributed by atoms with Gasteiger partial charge in [0.05, 0.1) is 0 Å². The number of benzene rings is 1. The maximum Gasteiger partial charge on any atom is 0.0234 e. The predicted molar refractivity (Wildman–Crippen MR) is 98.5 cm³/mol. The van der Waals surface area contributed by atoms with Gasteiger partial charge in [0, 0.05) is 18.5 Å². The lowest BCUT2D eigenvalue weighted by atomic mass is 9.98. The third-order valence-electron chi connectivity index (χ3n) is 3.33. The monoisotopic (exact) mass is 295 g/mol. The lowest BCUT2D eigenvalue weighted by molar-refractivity contribution is 0.363. The van der Waals surface area contributed by atoms with E-state index in [1.807, 2.05) is 6.08 Å². The molecule has 1 aromatic rings. The Bertz CT molecular complexity index is 588. The molecule has 0 N–H and O–H groups in total. The first-order chi connectivity index (χ1) is 10.3. The van der Waals surface area contributed by atoms with Crippen LogP contribution in [0.1, 0.15) is 45.7 Å². The van der Waals surface area contributed by atoms with Crippen LogP contribution in [0.5, 0.6) is 0 Å². The molecule has 1 nitrogen and oxygen atoms in total. The summed E-state index contributed by atoms with van der Waals surface area (Å²) in [5.41, 5.74) is 4.04. The minimum Gasteiger partial charge on any atom is -0.298 e. The van der Waals surface area contributed by atoms with Crippen LogP contribution in [0.25, 0.3) is 5.57 Å².